The Balaban J connectivity index is 1.65. The van der Waals surface area contributed by atoms with Crippen LogP contribution in [0, 0.1) is 6.92 Å². The molecule has 9 nitrogen and oxygen atoms in total. The lowest BCUT2D eigenvalue weighted by Gasteiger charge is -2.24. The average molecular weight is 481 g/mol. The number of amides is 1. The second-order valence-corrected chi connectivity index (χ2v) is 8.91. The summed E-state index contributed by atoms with van der Waals surface area (Å²) in [7, 11) is 0. The number of hydrogen-bond acceptors (Lipinski definition) is 7. The predicted octanol–water partition coefficient (Wildman–Crippen LogP) is 4.12. The maximum absolute atomic E-state index is 13.3. The Kier molecular flexibility index (Phi) is 5.89. The van der Waals surface area contributed by atoms with Crippen molar-refractivity contribution in [2.75, 3.05) is 4.90 Å². The summed E-state index contributed by atoms with van der Waals surface area (Å²) in [5.74, 6) is -1.26. The van der Waals surface area contributed by atoms with Gasteiger partial charge in [-0.2, -0.15) is 10.2 Å². The molecule has 1 saturated heterocycles. The molecular weight excluding hydrogens is 456 g/mol. The Labute approximate surface area is 207 Å². The zero-order valence-electron chi connectivity index (χ0n) is 20.0. The van der Waals surface area contributed by atoms with Crippen LogP contribution in [-0.2, 0) is 9.59 Å². The van der Waals surface area contributed by atoms with E-state index in [9.17, 15) is 14.7 Å². The van der Waals surface area contributed by atoms with Gasteiger partial charge in [0.05, 0.1) is 23.0 Å². The number of hydrogen-bond donors (Lipinski definition) is 1. The molecule has 0 aliphatic carbocycles. The van der Waals surface area contributed by atoms with Gasteiger partial charge in [-0.15, -0.1) is 5.10 Å². The van der Waals surface area contributed by atoms with E-state index in [1.165, 1.54) is 11.2 Å². The largest absolute Gasteiger partial charge is 0.507 e. The quantitative estimate of drug-likeness (QED) is 0.260. The van der Waals surface area contributed by atoms with Crippen LogP contribution in [0.3, 0.4) is 0 Å². The number of nitrogens with zero attached hydrogens (tertiary/aromatic N) is 6. The molecule has 0 saturated carbocycles. The summed E-state index contributed by atoms with van der Waals surface area (Å²) in [5, 5.41) is 23.6. The number of ketones is 1. The average Bonchev–Trinajstić information content (AvgIpc) is 3.52. The summed E-state index contributed by atoms with van der Waals surface area (Å²) in [6, 6.07) is 17.0. The van der Waals surface area contributed by atoms with Crippen LogP contribution < -0.4 is 4.90 Å². The fourth-order valence-electron chi connectivity index (χ4n) is 4.24. The van der Waals surface area contributed by atoms with Crippen LogP contribution in [0.2, 0.25) is 0 Å². The minimum Gasteiger partial charge on any atom is -0.507 e. The Morgan fingerprint density at radius 2 is 1.67 bits per heavy atom. The van der Waals surface area contributed by atoms with E-state index in [0.717, 1.165) is 11.3 Å². The molecule has 0 bridgehead atoms. The lowest BCUT2D eigenvalue weighted by Crippen LogP contribution is -2.30. The second-order valence-electron chi connectivity index (χ2n) is 8.91. The highest BCUT2D eigenvalue weighted by atomic mass is 16.3. The van der Waals surface area contributed by atoms with Crippen LogP contribution in [0.25, 0.3) is 11.4 Å². The summed E-state index contributed by atoms with van der Waals surface area (Å²) in [4.78, 5) is 31.8. The van der Waals surface area contributed by atoms with E-state index in [2.05, 4.69) is 34.1 Å². The van der Waals surface area contributed by atoms with Crippen molar-refractivity contribution in [3.63, 3.8) is 0 Å². The molecule has 0 spiro atoms. The summed E-state index contributed by atoms with van der Waals surface area (Å²) < 4.78 is 1.60. The highest BCUT2D eigenvalue weighted by molar-refractivity contribution is 6.51. The predicted molar refractivity (Wildman–Crippen MR) is 133 cm³/mol. The highest BCUT2D eigenvalue weighted by Crippen LogP contribution is 2.41. The van der Waals surface area contributed by atoms with Gasteiger partial charge in [-0.25, -0.2) is 9.67 Å². The smallest absolute Gasteiger partial charge is 0.301 e. The standard InChI is InChI=1S/C27H24N6O3/c1-16(2)18-5-7-20(8-6-18)25(34)23-24(19-9-11-21(12-10-19)32-15-28-14-29-32)33(27(36)26(23)35)22-13-4-17(3)30-31-22/h4-16,24,34H,1-3H3. The van der Waals surface area contributed by atoms with E-state index in [-0.39, 0.29) is 17.2 Å². The number of carbonyl (C=O) groups excluding carboxylic acids is 2. The van der Waals surface area contributed by atoms with E-state index in [4.69, 9.17) is 0 Å². The van der Waals surface area contributed by atoms with Crippen molar-refractivity contribution in [1.29, 1.82) is 0 Å². The van der Waals surface area contributed by atoms with E-state index >= 15 is 0 Å². The number of aliphatic hydroxyl groups is 1. The first-order valence-electron chi connectivity index (χ1n) is 11.5. The van der Waals surface area contributed by atoms with E-state index in [1.807, 2.05) is 24.3 Å². The summed E-state index contributed by atoms with van der Waals surface area (Å²) in [6.07, 6.45) is 3.01. The van der Waals surface area contributed by atoms with Gasteiger partial charge in [0.15, 0.2) is 5.82 Å². The van der Waals surface area contributed by atoms with Gasteiger partial charge in [-0.3, -0.25) is 14.5 Å². The summed E-state index contributed by atoms with van der Waals surface area (Å²) in [6.45, 7) is 5.93. The van der Waals surface area contributed by atoms with Crippen LogP contribution in [0.15, 0.2) is 78.9 Å². The molecule has 1 N–H and O–H groups in total. The number of Topliss-reactive ketones (excluding diaryl/α,β-unsaturated/α-hetero) is 1. The molecule has 4 aromatic rings. The van der Waals surface area contributed by atoms with Gasteiger partial charge in [0.1, 0.15) is 18.4 Å². The zero-order valence-corrected chi connectivity index (χ0v) is 20.0. The Morgan fingerprint density at radius 3 is 2.25 bits per heavy atom. The van der Waals surface area contributed by atoms with Crippen molar-refractivity contribution >= 4 is 23.3 Å². The van der Waals surface area contributed by atoms with Crippen molar-refractivity contribution in [2.45, 2.75) is 32.7 Å². The normalized spacial score (nSPS) is 17.2. The van der Waals surface area contributed by atoms with Crippen LogP contribution in [0.1, 0.15) is 48.2 Å². The third-order valence-electron chi connectivity index (χ3n) is 6.22. The van der Waals surface area contributed by atoms with Crippen LogP contribution in [0.5, 0.6) is 0 Å². The third kappa shape index (κ3) is 4.04. The lowest BCUT2D eigenvalue weighted by atomic mass is 9.94. The molecule has 180 valence electrons. The molecule has 1 aliphatic heterocycles. The third-order valence-corrected chi connectivity index (χ3v) is 6.22. The number of benzene rings is 2. The van der Waals surface area contributed by atoms with Gasteiger partial charge in [-0.05, 0) is 48.2 Å². The molecule has 1 unspecified atom stereocenters. The molecule has 2 aromatic heterocycles. The van der Waals surface area contributed by atoms with Crippen molar-refractivity contribution in [3.05, 3.63) is 101 Å². The molecule has 36 heavy (non-hydrogen) atoms. The van der Waals surface area contributed by atoms with Gasteiger partial charge in [-0.1, -0.05) is 50.2 Å². The van der Waals surface area contributed by atoms with Crippen molar-refractivity contribution < 1.29 is 14.7 Å². The Hall–Kier alpha value is -4.66. The first-order chi connectivity index (χ1) is 17.3. The minimum atomic E-state index is -0.892. The lowest BCUT2D eigenvalue weighted by molar-refractivity contribution is -0.132. The Morgan fingerprint density at radius 1 is 0.944 bits per heavy atom. The molecule has 2 aromatic carbocycles. The fourth-order valence-corrected chi connectivity index (χ4v) is 4.24. The van der Waals surface area contributed by atoms with Gasteiger partial charge in [0.2, 0.25) is 0 Å². The highest BCUT2D eigenvalue weighted by Gasteiger charge is 2.47. The molecule has 0 radical (unpaired) electrons. The topological polar surface area (TPSA) is 114 Å². The minimum absolute atomic E-state index is 0.00632. The van der Waals surface area contributed by atoms with Crippen LogP contribution in [0.4, 0.5) is 5.82 Å². The fraction of sp³-hybridized carbons (Fsp3) is 0.185. The number of carbonyl (C=O) groups is 2. The van der Waals surface area contributed by atoms with Crippen molar-refractivity contribution in [2.24, 2.45) is 0 Å². The number of anilines is 1. The zero-order chi connectivity index (χ0) is 25.4. The van der Waals surface area contributed by atoms with Crippen LogP contribution >= 0.6 is 0 Å². The maximum Gasteiger partial charge on any atom is 0.301 e. The Bertz CT molecular complexity index is 1440. The first kappa shape index (κ1) is 23.1. The van der Waals surface area contributed by atoms with E-state index < -0.39 is 17.7 Å². The van der Waals surface area contributed by atoms with Gasteiger partial charge in [0.25, 0.3) is 5.78 Å². The maximum atomic E-state index is 13.3. The monoisotopic (exact) mass is 480 g/mol. The van der Waals surface area contributed by atoms with Gasteiger partial charge in [0, 0.05) is 5.56 Å². The molecule has 5 rings (SSSR count). The van der Waals surface area contributed by atoms with Gasteiger partial charge < -0.3 is 5.11 Å². The van der Waals surface area contributed by atoms with Crippen molar-refractivity contribution in [3.8, 4) is 5.69 Å². The van der Waals surface area contributed by atoms with E-state index in [1.54, 1.807) is 54.3 Å². The molecular formula is C27H24N6O3. The summed E-state index contributed by atoms with van der Waals surface area (Å²) in [5.41, 5.74) is 3.61. The molecule has 3 heterocycles. The number of aryl methyl sites for hydroxylation is 1. The van der Waals surface area contributed by atoms with Crippen LogP contribution in [-0.4, -0.2) is 41.8 Å². The first-order valence-corrected chi connectivity index (χ1v) is 11.5. The second kappa shape index (κ2) is 9.18. The SMILES string of the molecule is Cc1ccc(N2C(=O)C(=O)C(=C(O)c3ccc(C(C)C)cc3)C2c2ccc(-n3cncn3)cc2)nn1. The van der Waals surface area contributed by atoms with E-state index in [0.29, 0.717) is 22.7 Å². The number of aliphatic hydroxyl groups excluding tert-OH is 1. The molecule has 1 aliphatic rings. The molecule has 1 fully saturated rings. The van der Waals surface area contributed by atoms with Gasteiger partial charge >= 0.3 is 5.91 Å². The molecule has 9 heteroatoms. The summed E-state index contributed by atoms with van der Waals surface area (Å²) >= 11 is 0. The molecule has 1 amide bonds. The van der Waals surface area contributed by atoms with Crippen molar-refractivity contribution in [1.82, 2.24) is 25.0 Å². The number of aromatic nitrogens is 5. The molecule has 1 atom stereocenters. The number of rotatable bonds is 5.